The van der Waals surface area contributed by atoms with Gasteiger partial charge in [-0.05, 0) is 54.4 Å². The van der Waals surface area contributed by atoms with Gasteiger partial charge in [0.25, 0.3) is 0 Å². The number of hydrogen-bond donors (Lipinski definition) is 2. The van der Waals surface area contributed by atoms with Crippen LogP contribution in [-0.4, -0.2) is 21.0 Å². The number of aromatic hydroxyl groups is 1. The highest BCUT2D eigenvalue weighted by molar-refractivity contribution is 5.94. The fourth-order valence-electron chi connectivity index (χ4n) is 3.38. The summed E-state index contributed by atoms with van der Waals surface area (Å²) >= 11 is 0. The normalized spacial score (nSPS) is 11.6. The molecule has 0 atom stereocenters. The van der Waals surface area contributed by atoms with Gasteiger partial charge in [0.05, 0.1) is 18.4 Å². The number of fused-ring (bicyclic) bond motifs is 1. The van der Waals surface area contributed by atoms with E-state index in [2.05, 4.69) is 15.0 Å². The molecule has 5 nitrogen and oxygen atoms in total. The van der Waals surface area contributed by atoms with E-state index >= 15 is 0 Å². The number of aromatic nitrogens is 2. The van der Waals surface area contributed by atoms with Crippen molar-refractivity contribution in [1.82, 2.24) is 9.55 Å². The molecule has 2 aromatic heterocycles. The molecule has 2 aromatic carbocycles. The van der Waals surface area contributed by atoms with Crippen LogP contribution in [0.2, 0.25) is 0 Å². The van der Waals surface area contributed by atoms with Gasteiger partial charge < -0.3 is 19.7 Å². The molecule has 30 heavy (non-hydrogen) atoms. The van der Waals surface area contributed by atoms with Gasteiger partial charge in [0.15, 0.2) is 5.88 Å². The van der Waals surface area contributed by atoms with E-state index in [-0.39, 0.29) is 11.6 Å². The molecular weight excluding hydrogens is 395 g/mol. The monoisotopic (exact) mass is 413 g/mol. The molecule has 154 valence electrons. The Morgan fingerprint density at radius 2 is 1.87 bits per heavy atom. The Morgan fingerprint density at radius 3 is 2.53 bits per heavy atom. The molecule has 0 saturated heterocycles. The van der Waals surface area contributed by atoms with Gasteiger partial charge in [0.1, 0.15) is 5.75 Å². The summed E-state index contributed by atoms with van der Waals surface area (Å²) < 4.78 is 42.4. The molecule has 0 bridgehead atoms. The Hall–Kier alpha value is -3.68. The van der Waals surface area contributed by atoms with Crippen molar-refractivity contribution >= 4 is 22.1 Å². The van der Waals surface area contributed by atoms with Crippen LogP contribution < -0.4 is 10.1 Å². The maximum absolute atomic E-state index is 12.3. The van der Waals surface area contributed by atoms with Crippen molar-refractivity contribution in [2.24, 2.45) is 0 Å². The van der Waals surface area contributed by atoms with Crippen molar-refractivity contribution in [1.29, 1.82) is 0 Å². The average Bonchev–Trinajstić information content (AvgIpc) is 2.99. The molecular formula is C22H18F3N3O2. The number of pyridine rings is 1. The van der Waals surface area contributed by atoms with Crippen LogP contribution in [0.3, 0.4) is 0 Å². The van der Waals surface area contributed by atoms with Gasteiger partial charge in [0.2, 0.25) is 0 Å². The number of alkyl halides is 3. The van der Waals surface area contributed by atoms with E-state index < -0.39 is 6.36 Å². The first kappa shape index (κ1) is 19.6. The van der Waals surface area contributed by atoms with Gasteiger partial charge in [0, 0.05) is 28.9 Å². The van der Waals surface area contributed by atoms with E-state index in [4.69, 9.17) is 0 Å². The number of aryl methyl sites for hydroxylation is 1. The second-order valence-electron chi connectivity index (χ2n) is 6.90. The number of hydrogen-bond acceptors (Lipinski definition) is 4. The highest BCUT2D eigenvalue weighted by atomic mass is 19.4. The molecule has 0 aliphatic heterocycles. The predicted octanol–water partition coefficient (Wildman–Crippen LogP) is 5.74. The maximum atomic E-state index is 12.3. The van der Waals surface area contributed by atoms with E-state index in [1.807, 2.05) is 37.4 Å². The second kappa shape index (κ2) is 7.62. The largest absolute Gasteiger partial charge is 0.573 e. The van der Waals surface area contributed by atoms with Crippen LogP contribution in [0.25, 0.3) is 10.8 Å². The predicted molar refractivity (Wildman–Crippen MR) is 108 cm³/mol. The number of rotatable bonds is 5. The zero-order chi connectivity index (χ0) is 21.3. The van der Waals surface area contributed by atoms with Crippen molar-refractivity contribution in [3.63, 3.8) is 0 Å². The van der Waals surface area contributed by atoms with Crippen LogP contribution >= 0.6 is 0 Å². The van der Waals surface area contributed by atoms with Gasteiger partial charge in [-0.3, -0.25) is 4.98 Å². The molecule has 0 aliphatic rings. The molecule has 2 N–H and O–H groups in total. The van der Waals surface area contributed by atoms with Gasteiger partial charge in [-0.1, -0.05) is 12.1 Å². The highest BCUT2D eigenvalue weighted by Crippen LogP contribution is 2.34. The van der Waals surface area contributed by atoms with Crippen LogP contribution in [0.1, 0.15) is 11.1 Å². The third-order valence-corrected chi connectivity index (χ3v) is 4.62. The lowest BCUT2D eigenvalue weighted by Crippen LogP contribution is -2.17. The van der Waals surface area contributed by atoms with E-state index in [0.717, 1.165) is 33.3 Å². The highest BCUT2D eigenvalue weighted by Gasteiger charge is 2.30. The minimum absolute atomic E-state index is 0.103. The van der Waals surface area contributed by atoms with E-state index in [0.29, 0.717) is 6.54 Å². The first-order valence-corrected chi connectivity index (χ1v) is 9.13. The summed E-state index contributed by atoms with van der Waals surface area (Å²) in [5.41, 5.74) is 3.33. The summed E-state index contributed by atoms with van der Waals surface area (Å²) in [4.78, 5) is 4.08. The molecule has 8 heteroatoms. The minimum Gasteiger partial charge on any atom is -0.494 e. The molecule has 0 aliphatic carbocycles. The number of anilines is 2. The lowest BCUT2D eigenvalue weighted by atomic mass is 10.1. The Labute approximate surface area is 170 Å². The summed E-state index contributed by atoms with van der Waals surface area (Å²) in [5.74, 6) is -0.179. The van der Waals surface area contributed by atoms with Crippen LogP contribution in [0, 0.1) is 6.92 Å². The molecule has 0 amide bonds. The van der Waals surface area contributed by atoms with Crippen LogP contribution in [-0.2, 0) is 6.54 Å². The summed E-state index contributed by atoms with van der Waals surface area (Å²) in [6.45, 7) is 2.21. The molecule has 0 saturated carbocycles. The fraction of sp³-hybridized carbons (Fsp3) is 0.136. The van der Waals surface area contributed by atoms with Gasteiger partial charge in [-0.25, -0.2) is 0 Å². The quantitative estimate of drug-likeness (QED) is 0.438. The third-order valence-electron chi connectivity index (χ3n) is 4.62. The maximum Gasteiger partial charge on any atom is 0.573 e. The number of nitrogens with one attached hydrogen (secondary N) is 1. The molecule has 0 radical (unpaired) electrons. The molecule has 0 fully saturated rings. The van der Waals surface area contributed by atoms with Gasteiger partial charge in [-0.15, -0.1) is 13.2 Å². The molecule has 0 spiro atoms. The number of benzene rings is 2. The number of halogens is 3. The van der Waals surface area contributed by atoms with Crippen molar-refractivity contribution in [2.75, 3.05) is 5.32 Å². The van der Waals surface area contributed by atoms with Crippen molar-refractivity contribution < 1.29 is 23.0 Å². The SMILES string of the molecule is Cc1cc(Nc2cccnc2)cc2cn(Cc3ccc(OC(F)(F)F)cc3)c(O)c12. The topological polar surface area (TPSA) is 59.3 Å². The summed E-state index contributed by atoms with van der Waals surface area (Å²) in [5, 5.41) is 15.5. The number of ether oxygens (including phenoxy) is 1. The van der Waals surface area contributed by atoms with Crippen molar-refractivity contribution in [3.8, 4) is 11.6 Å². The number of nitrogens with zero attached hydrogens (tertiary/aromatic N) is 2. The summed E-state index contributed by atoms with van der Waals surface area (Å²) in [6.07, 6.45) is 0.497. The van der Waals surface area contributed by atoms with Gasteiger partial charge >= 0.3 is 6.36 Å². The molecule has 4 rings (SSSR count). The van der Waals surface area contributed by atoms with Crippen LogP contribution in [0.5, 0.6) is 11.6 Å². The average molecular weight is 413 g/mol. The Morgan fingerprint density at radius 1 is 1.10 bits per heavy atom. The lowest BCUT2D eigenvalue weighted by molar-refractivity contribution is -0.274. The Kier molecular flexibility index (Phi) is 4.99. The molecule has 4 aromatic rings. The van der Waals surface area contributed by atoms with E-state index in [9.17, 15) is 18.3 Å². The van der Waals surface area contributed by atoms with Crippen LogP contribution in [0.15, 0.2) is 67.1 Å². The van der Waals surface area contributed by atoms with E-state index in [1.165, 1.54) is 24.3 Å². The smallest absolute Gasteiger partial charge is 0.494 e. The standard InChI is InChI=1S/C22H18F3N3O2/c1-14-9-18(27-17-3-2-8-26-11-17)10-16-13-28(21(29)20(14)16)12-15-4-6-19(7-5-15)30-22(23,24)25/h2-11,13,27,29H,12H2,1H3. The third kappa shape index (κ3) is 4.32. The second-order valence-corrected chi connectivity index (χ2v) is 6.90. The Balaban J connectivity index is 1.59. The first-order chi connectivity index (χ1) is 14.3. The zero-order valence-corrected chi connectivity index (χ0v) is 15.9. The summed E-state index contributed by atoms with van der Waals surface area (Å²) in [6, 6.07) is 13.2. The fourth-order valence-corrected chi connectivity index (χ4v) is 3.38. The van der Waals surface area contributed by atoms with Crippen LogP contribution in [0.4, 0.5) is 24.5 Å². The van der Waals surface area contributed by atoms with Crippen molar-refractivity contribution in [2.45, 2.75) is 19.8 Å². The van der Waals surface area contributed by atoms with E-state index in [1.54, 1.807) is 17.0 Å². The summed E-state index contributed by atoms with van der Waals surface area (Å²) in [7, 11) is 0. The zero-order valence-electron chi connectivity index (χ0n) is 15.9. The molecule has 0 unspecified atom stereocenters. The minimum atomic E-state index is -4.73. The van der Waals surface area contributed by atoms with Gasteiger partial charge in [-0.2, -0.15) is 0 Å². The Bertz CT molecular complexity index is 1170. The molecule has 2 heterocycles. The first-order valence-electron chi connectivity index (χ1n) is 9.13. The lowest BCUT2D eigenvalue weighted by Gasteiger charge is -2.10. The van der Waals surface area contributed by atoms with Crippen molar-refractivity contribution in [3.05, 3.63) is 78.2 Å².